The zero-order chi connectivity index (χ0) is 25.2. The topological polar surface area (TPSA) is 98.7 Å². The molecule has 206 valence electrons. The van der Waals surface area contributed by atoms with Crippen LogP contribution in [0.15, 0.2) is 29.8 Å². The third kappa shape index (κ3) is 6.97. The maximum Gasteiger partial charge on any atom is 0.337 e. The number of carboxylic acid groups (broad SMARTS) is 1. The number of thiazole rings is 1. The van der Waals surface area contributed by atoms with Crippen LogP contribution in [0.25, 0.3) is 10.6 Å². The van der Waals surface area contributed by atoms with E-state index in [1.165, 1.54) is 19.0 Å². The van der Waals surface area contributed by atoms with Crippen molar-refractivity contribution in [2.24, 2.45) is 5.92 Å². The zero-order valence-corrected chi connectivity index (χ0v) is 24.8. The van der Waals surface area contributed by atoms with Crippen molar-refractivity contribution in [3.63, 3.8) is 0 Å². The molecule has 38 heavy (non-hydrogen) atoms. The molecule has 3 aromatic rings. The minimum absolute atomic E-state index is 0. The molecule has 0 spiro atoms. The van der Waals surface area contributed by atoms with E-state index >= 15 is 0 Å². The summed E-state index contributed by atoms with van der Waals surface area (Å²) in [6.45, 7) is 5.54. The van der Waals surface area contributed by atoms with E-state index in [-0.39, 0.29) is 42.2 Å². The maximum atomic E-state index is 13.1. The molecule has 0 saturated carbocycles. The number of carbonyl (C=O) groups is 2. The van der Waals surface area contributed by atoms with Gasteiger partial charge in [-0.15, -0.1) is 36.2 Å². The Labute approximate surface area is 247 Å². The van der Waals surface area contributed by atoms with Gasteiger partial charge in [0.15, 0.2) is 5.13 Å². The lowest BCUT2D eigenvalue weighted by molar-refractivity contribution is -0.120. The summed E-state index contributed by atoms with van der Waals surface area (Å²) >= 11 is 9.33. The predicted molar refractivity (Wildman–Crippen MR) is 159 cm³/mol. The lowest BCUT2D eigenvalue weighted by Crippen LogP contribution is -2.38. The molecular formula is C25H30Cl3N5O3S2. The number of nitrogens with one attached hydrogen (secondary N) is 1. The fraction of sp³-hybridized carbons (Fsp3) is 0.440. The van der Waals surface area contributed by atoms with Crippen LogP contribution in [-0.2, 0) is 11.3 Å². The lowest BCUT2D eigenvalue weighted by Gasteiger charge is -2.32. The number of carboxylic acids is 1. The fourth-order valence-electron chi connectivity index (χ4n) is 4.83. The van der Waals surface area contributed by atoms with Gasteiger partial charge >= 0.3 is 5.97 Å². The molecule has 2 N–H and O–H groups in total. The summed E-state index contributed by atoms with van der Waals surface area (Å²) in [7, 11) is 0. The van der Waals surface area contributed by atoms with Crippen molar-refractivity contribution in [3.8, 4) is 10.6 Å². The van der Waals surface area contributed by atoms with Crippen molar-refractivity contribution in [2.75, 3.05) is 29.9 Å². The number of aromatic carboxylic acids is 1. The van der Waals surface area contributed by atoms with E-state index in [4.69, 9.17) is 21.7 Å². The number of anilines is 2. The molecule has 13 heteroatoms. The van der Waals surface area contributed by atoms with Crippen molar-refractivity contribution in [1.82, 2.24) is 14.9 Å². The van der Waals surface area contributed by atoms with Gasteiger partial charge in [-0.25, -0.2) is 14.8 Å². The number of amides is 1. The molecule has 5 heterocycles. The van der Waals surface area contributed by atoms with Crippen molar-refractivity contribution >= 4 is 81.9 Å². The quantitative estimate of drug-likeness (QED) is 0.321. The number of nitrogens with zero attached hydrogens (tertiary/aromatic N) is 4. The molecule has 0 unspecified atom stereocenters. The van der Waals surface area contributed by atoms with Gasteiger partial charge in [0.1, 0.15) is 5.82 Å². The summed E-state index contributed by atoms with van der Waals surface area (Å²) in [5.41, 5.74) is 1.08. The molecule has 3 aromatic heterocycles. The van der Waals surface area contributed by atoms with Gasteiger partial charge in [-0.2, -0.15) is 0 Å². The monoisotopic (exact) mass is 617 g/mol. The molecule has 2 saturated heterocycles. The van der Waals surface area contributed by atoms with Crippen molar-refractivity contribution in [2.45, 2.75) is 45.2 Å². The van der Waals surface area contributed by atoms with E-state index in [1.807, 2.05) is 11.4 Å². The second-order valence-electron chi connectivity index (χ2n) is 9.34. The van der Waals surface area contributed by atoms with Gasteiger partial charge in [0.2, 0.25) is 5.91 Å². The molecule has 0 aromatic carbocycles. The standard InChI is InChI=1S/C25H28ClN5O3S2.2ClH/c1-15-3-2-8-31(15)13-20-22(19-11-18(26)14-35-19)28-25(36-20)29-23(32)16-6-9-30(10-7-16)21-5-4-17(12-27-21)24(33)34;;/h4-5,11-12,14-16H,2-3,6-10,13H2,1H3,(H,33,34)(H,28,29,32);2*1H/t15-;;/m1../s1. The summed E-state index contributed by atoms with van der Waals surface area (Å²) in [6, 6.07) is 5.77. The molecule has 0 radical (unpaired) electrons. The Balaban J connectivity index is 0.00000200. The van der Waals surface area contributed by atoms with Crippen LogP contribution < -0.4 is 10.2 Å². The van der Waals surface area contributed by atoms with E-state index in [0.29, 0.717) is 42.1 Å². The number of carbonyl (C=O) groups excluding carboxylic acids is 1. The largest absolute Gasteiger partial charge is 0.478 e. The lowest BCUT2D eigenvalue weighted by atomic mass is 9.96. The number of rotatable bonds is 7. The van der Waals surface area contributed by atoms with Crippen LogP contribution in [0.4, 0.5) is 10.9 Å². The first-order chi connectivity index (χ1) is 17.4. The van der Waals surface area contributed by atoms with Crippen LogP contribution in [0, 0.1) is 5.92 Å². The highest BCUT2D eigenvalue weighted by molar-refractivity contribution is 7.17. The number of halogens is 3. The van der Waals surface area contributed by atoms with E-state index < -0.39 is 5.97 Å². The Morgan fingerprint density at radius 2 is 1.95 bits per heavy atom. The Bertz CT molecular complexity index is 1250. The van der Waals surface area contributed by atoms with Crippen LogP contribution in [-0.4, -0.2) is 57.5 Å². The molecular weight excluding hydrogens is 589 g/mol. The van der Waals surface area contributed by atoms with E-state index in [2.05, 4.69) is 27.0 Å². The molecule has 0 bridgehead atoms. The predicted octanol–water partition coefficient (Wildman–Crippen LogP) is 6.30. The summed E-state index contributed by atoms with van der Waals surface area (Å²) in [5.74, 6) is -0.367. The summed E-state index contributed by atoms with van der Waals surface area (Å²) in [6.07, 6.45) is 5.19. The molecule has 8 nitrogen and oxygen atoms in total. The normalized spacial score (nSPS) is 18.1. The van der Waals surface area contributed by atoms with Crippen LogP contribution in [0.5, 0.6) is 0 Å². The number of piperidine rings is 1. The number of pyridine rings is 1. The molecule has 1 atom stereocenters. The van der Waals surface area contributed by atoms with Crippen molar-refractivity contribution in [1.29, 1.82) is 0 Å². The first kappa shape index (κ1) is 30.6. The Hall–Kier alpha value is -1.95. The van der Waals surface area contributed by atoms with Gasteiger partial charge < -0.3 is 15.3 Å². The van der Waals surface area contributed by atoms with Crippen LogP contribution in [0.1, 0.15) is 47.8 Å². The van der Waals surface area contributed by atoms with E-state index in [1.54, 1.807) is 34.8 Å². The zero-order valence-electron chi connectivity index (χ0n) is 20.8. The van der Waals surface area contributed by atoms with Gasteiger partial charge in [-0.1, -0.05) is 22.9 Å². The smallest absolute Gasteiger partial charge is 0.337 e. The highest BCUT2D eigenvalue weighted by Gasteiger charge is 2.28. The Morgan fingerprint density at radius 3 is 2.53 bits per heavy atom. The molecule has 1 amide bonds. The number of hydrogen-bond donors (Lipinski definition) is 2. The highest BCUT2D eigenvalue weighted by atomic mass is 35.5. The average molecular weight is 619 g/mol. The molecule has 5 rings (SSSR count). The van der Waals surface area contributed by atoms with Crippen LogP contribution in [0.2, 0.25) is 5.02 Å². The van der Waals surface area contributed by atoms with Crippen LogP contribution in [0.3, 0.4) is 0 Å². The average Bonchev–Trinajstić information content (AvgIpc) is 3.60. The molecule has 0 aliphatic carbocycles. The summed E-state index contributed by atoms with van der Waals surface area (Å²) in [4.78, 5) is 40.0. The van der Waals surface area contributed by atoms with Gasteiger partial charge in [0.05, 0.1) is 21.2 Å². The molecule has 2 aliphatic rings. The fourth-order valence-corrected chi connectivity index (χ4v) is 6.99. The minimum Gasteiger partial charge on any atom is -0.478 e. The third-order valence-electron chi connectivity index (χ3n) is 6.95. The van der Waals surface area contributed by atoms with Gasteiger partial charge in [0, 0.05) is 48.0 Å². The third-order valence-corrected chi connectivity index (χ3v) is 9.19. The molecule has 2 fully saturated rings. The SMILES string of the molecule is C[C@@H]1CCCN1Cc1sc(NC(=O)C2CCN(c3ccc(C(=O)O)cn3)CC2)nc1-c1cc(Cl)cs1.Cl.Cl. The van der Waals surface area contributed by atoms with Gasteiger partial charge in [-0.05, 0) is 57.4 Å². The van der Waals surface area contributed by atoms with E-state index in [0.717, 1.165) is 34.4 Å². The Morgan fingerprint density at radius 1 is 1.18 bits per heavy atom. The van der Waals surface area contributed by atoms with Gasteiger partial charge in [-0.3, -0.25) is 9.69 Å². The second kappa shape index (κ2) is 13.4. The summed E-state index contributed by atoms with van der Waals surface area (Å²) < 4.78 is 0. The Kier molecular flexibility index (Phi) is 10.8. The number of likely N-dealkylation sites (tertiary alicyclic amines) is 1. The summed E-state index contributed by atoms with van der Waals surface area (Å²) in [5, 5.41) is 15.4. The van der Waals surface area contributed by atoms with E-state index in [9.17, 15) is 9.59 Å². The number of hydrogen-bond acceptors (Lipinski definition) is 8. The van der Waals surface area contributed by atoms with Crippen LogP contribution >= 0.6 is 59.1 Å². The van der Waals surface area contributed by atoms with Gasteiger partial charge in [0.25, 0.3) is 0 Å². The van der Waals surface area contributed by atoms with Crippen molar-refractivity contribution < 1.29 is 14.7 Å². The maximum absolute atomic E-state index is 13.1. The first-order valence-corrected chi connectivity index (χ1v) is 14.2. The second-order valence-corrected chi connectivity index (χ2v) is 11.8. The molecule has 2 aliphatic heterocycles. The number of thiophene rings is 1. The highest BCUT2D eigenvalue weighted by Crippen LogP contribution is 2.38. The van der Waals surface area contributed by atoms with Crippen molar-refractivity contribution in [3.05, 3.63) is 45.2 Å². The first-order valence-electron chi connectivity index (χ1n) is 12.1. The minimum atomic E-state index is -0.991. The number of aromatic nitrogens is 2.